The lowest BCUT2D eigenvalue weighted by Crippen LogP contribution is -2.18. The lowest BCUT2D eigenvalue weighted by atomic mass is 10.0. The van der Waals surface area contributed by atoms with Crippen molar-refractivity contribution in [3.63, 3.8) is 0 Å². The summed E-state index contributed by atoms with van der Waals surface area (Å²) < 4.78 is 0. The second kappa shape index (κ2) is 5.98. The summed E-state index contributed by atoms with van der Waals surface area (Å²) >= 11 is 0. The Bertz CT molecular complexity index is 503. The molecule has 4 heteroatoms. The minimum Gasteiger partial charge on any atom is -0.342 e. The number of aromatic amines is 1. The first-order valence-corrected chi connectivity index (χ1v) is 6.52. The van der Waals surface area contributed by atoms with E-state index in [9.17, 15) is 0 Å². The van der Waals surface area contributed by atoms with Gasteiger partial charge in [0, 0.05) is 6.04 Å². The summed E-state index contributed by atoms with van der Waals surface area (Å²) in [5, 5.41) is 6.57. The molecule has 1 unspecified atom stereocenters. The minimum absolute atomic E-state index is 0.409. The summed E-state index contributed by atoms with van der Waals surface area (Å²) in [5.74, 6) is 0.971. The monoisotopic (exact) mass is 246 g/mol. The van der Waals surface area contributed by atoms with E-state index in [-0.39, 0.29) is 0 Å². The molecule has 0 radical (unpaired) electrons. The SMILES string of the molecule is CNCCCC(NC)c1ccc2nc(C)[nH]c2c1. The lowest BCUT2D eigenvalue weighted by Gasteiger charge is -2.16. The van der Waals surface area contributed by atoms with Crippen LogP contribution in [0.5, 0.6) is 0 Å². The van der Waals surface area contributed by atoms with Gasteiger partial charge in [0.25, 0.3) is 0 Å². The maximum absolute atomic E-state index is 4.43. The fourth-order valence-electron chi connectivity index (χ4n) is 2.33. The Morgan fingerprint density at radius 1 is 1.33 bits per heavy atom. The first-order valence-electron chi connectivity index (χ1n) is 6.52. The molecular weight excluding hydrogens is 224 g/mol. The smallest absolute Gasteiger partial charge is 0.104 e. The van der Waals surface area contributed by atoms with Gasteiger partial charge >= 0.3 is 0 Å². The van der Waals surface area contributed by atoms with Crippen LogP contribution in [0.4, 0.5) is 0 Å². The van der Waals surface area contributed by atoms with Crippen molar-refractivity contribution in [2.24, 2.45) is 0 Å². The minimum atomic E-state index is 0.409. The van der Waals surface area contributed by atoms with Crippen molar-refractivity contribution < 1.29 is 0 Å². The summed E-state index contributed by atoms with van der Waals surface area (Å²) in [6, 6.07) is 6.88. The van der Waals surface area contributed by atoms with Crippen LogP contribution in [0.1, 0.15) is 30.3 Å². The molecule has 18 heavy (non-hydrogen) atoms. The molecule has 0 fully saturated rings. The number of aromatic nitrogens is 2. The van der Waals surface area contributed by atoms with Crippen molar-refractivity contribution in [2.45, 2.75) is 25.8 Å². The zero-order valence-electron chi connectivity index (χ0n) is 11.4. The highest BCUT2D eigenvalue weighted by atomic mass is 14.9. The van der Waals surface area contributed by atoms with Crippen molar-refractivity contribution in [2.75, 3.05) is 20.6 Å². The van der Waals surface area contributed by atoms with Gasteiger partial charge in [-0.05, 0) is 58.1 Å². The maximum Gasteiger partial charge on any atom is 0.104 e. The molecule has 2 aromatic rings. The van der Waals surface area contributed by atoms with Crippen LogP contribution in [-0.4, -0.2) is 30.6 Å². The van der Waals surface area contributed by atoms with E-state index >= 15 is 0 Å². The van der Waals surface area contributed by atoms with Crippen molar-refractivity contribution in [1.82, 2.24) is 20.6 Å². The van der Waals surface area contributed by atoms with E-state index in [2.05, 4.69) is 38.8 Å². The molecule has 0 saturated carbocycles. The number of fused-ring (bicyclic) bond motifs is 1. The van der Waals surface area contributed by atoms with Gasteiger partial charge in [-0.15, -0.1) is 0 Å². The zero-order valence-corrected chi connectivity index (χ0v) is 11.4. The second-order valence-electron chi connectivity index (χ2n) is 4.69. The highest BCUT2D eigenvalue weighted by Gasteiger charge is 2.10. The molecule has 2 rings (SSSR count). The molecule has 0 aliphatic rings. The number of hydrogen-bond donors (Lipinski definition) is 3. The van der Waals surface area contributed by atoms with Gasteiger partial charge in [-0.2, -0.15) is 0 Å². The van der Waals surface area contributed by atoms with Gasteiger partial charge in [0.15, 0.2) is 0 Å². The van der Waals surface area contributed by atoms with Gasteiger partial charge in [0.05, 0.1) is 11.0 Å². The van der Waals surface area contributed by atoms with Gasteiger partial charge < -0.3 is 15.6 Å². The number of nitrogens with one attached hydrogen (secondary N) is 3. The Hall–Kier alpha value is -1.39. The quantitative estimate of drug-likeness (QED) is 0.684. The fraction of sp³-hybridized carbons (Fsp3) is 0.500. The molecule has 0 saturated heterocycles. The summed E-state index contributed by atoms with van der Waals surface area (Å²) in [7, 11) is 4.01. The molecule has 1 aromatic carbocycles. The Labute approximate surface area is 108 Å². The maximum atomic E-state index is 4.43. The fourth-order valence-corrected chi connectivity index (χ4v) is 2.33. The predicted octanol–water partition coefficient (Wildman–Crippen LogP) is 2.13. The van der Waals surface area contributed by atoms with E-state index in [0.717, 1.165) is 29.8 Å². The third kappa shape index (κ3) is 2.89. The summed E-state index contributed by atoms with van der Waals surface area (Å²) in [6.07, 6.45) is 2.30. The van der Waals surface area contributed by atoms with Crippen LogP contribution in [0.15, 0.2) is 18.2 Å². The van der Waals surface area contributed by atoms with Crippen molar-refractivity contribution >= 4 is 11.0 Å². The van der Waals surface area contributed by atoms with Crippen molar-refractivity contribution in [3.8, 4) is 0 Å². The molecule has 3 N–H and O–H groups in total. The average molecular weight is 246 g/mol. The van der Waals surface area contributed by atoms with Gasteiger partial charge in [-0.25, -0.2) is 4.98 Å². The number of nitrogens with zero attached hydrogens (tertiary/aromatic N) is 1. The Kier molecular flexibility index (Phi) is 4.33. The van der Waals surface area contributed by atoms with Gasteiger partial charge in [0.2, 0.25) is 0 Å². The van der Waals surface area contributed by atoms with Crippen molar-refractivity contribution in [3.05, 3.63) is 29.6 Å². The Morgan fingerprint density at radius 3 is 2.89 bits per heavy atom. The molecule has 1 atom stereocenters. The lowest BCUT2D eigenvalue weighted by molar-refractivity contribution is 0.519. The third-order valence-corrected chi connectivity index (χ3v) is 3.29. The zero-order chi connectivity index (χ0) is 13.0. The first-order chi connectivity index (χ1) is 8.74. The Morgan fingerprint density at radius 2 is 2.17 bits per heavy atom. The van der Waals surface area contributed by atoms with E-state index in [0.29, 0.717) is 6.04 Å². The van der Waals surface area contributed by atoms with E-state index < -0.39 is 0 Å². The number of H-pyrrole nitrogens is 1. The standard InChI is InChI=1S/C14H22N4/c1-10-17-13-7-6-11(9-14(13)18-10)12(16-3)5-4-8-15-2/h6-7,9,12,15-16H,4-5,8H2,1-3H3,(H,17,18). The van der Waals surface area contributed by atoms with Crippen LogP contribution in [0, 0.1) is 6.92 Å². The number of imidazole rings is 1. The number of hydrogen-bond acceptors (Lipinski definition) is 3. The van der Waals surface area contributed by atoms with Crippen LogP contribution >= 0.6 is 0 Å². The van der Waals surface area contributed by atoms with E-state index in [1.807, 2.05) is 21.0 Å². The first kappa shape index (κ1) is 13.1. The largest absolute Gasteiger partial charge is 0.342 e. The van der Waals surface area contributed by atoms with Gasteiger partial charge in [0.1, 0.15) is 5.82 Å². The molecule has 0 aliphatic heterocycles. The average Bonchev–Trinajstić information content (AvgIpc) is 2.74. The van der Waals surface area contributed by atoms with Gasteiger partial charge in [-0.3, -0.25) is 0 Å². The van der Waals surface area contributed by atoms with Crippen LogP contribution in [0.25, 0.3) is 11.0 Å². The molecule has 98 valence electrons. The second-order valence-corrected chi connectivity index (χ2v) is 4.69. The third-order valence-electron chi connectivity index (χ3n) is 3.29. The van der Waals surface area contributed by atoms with Crippen LogP contribution in [0.3, 0.4) is 0 Å². The summed E-state index contributed by atoms with van der Waals surface area (Å²) in [5.41, 5.74) is 3.49. The molecule has 0 bridgehead atoms. The van der Waals surface area contributed by atoms with Gasteiger partial charge in [-0.1, -0.05) is 6.07 Å². The Balaban J connectivity index is 2.16. The normalized spacial score (nSPS) is 13.1. The number of aryl methyl sites for hydroxylation is 1. The molecule has 0 amide bonds. The van der Waals surface area contributed by atoms with E-state index in [1.54, 1.807) is 0 Å². The predicted molar refractivity (Wildman–Crippen MR) is 75.8 cm³/mol. The topological polar surface area (TPSA) is 52.7 Å². The molecule has 0 aliphatic carbocycles. The highest BCUT2D eigenvalue weighted by Crippen LogP contribution is 2.22. The molecule has 0 spiro atoms. The van der Waals surface area contributed by atoms with Crippen LogP contribution < -0.4 is 10.6 Å². The molecular formula is C14H22N4. The number of benzene rings is 1. The van der Waals surface area contributed by atoms with Crippen LogP contribution in [-0.2, 0) is 0 Å². The molecule has 1 aromatic heterocycles. The highest BCUT2D eigenvalue weighted by molar-refractivity contribution is 5.75. The molecule has 1 heterocycles. The van der Waals surface area contributed by atoms with Crippen LogP contribution in [0.2, 0.25) is 0 Å². The van der Waals surface area contributed by atoms with E-state index in [4.69, 9.17) is 0 Å². The van der Waals surface area contributed by atoms with E-state index in [1.165, 1.54) is 12.0 Å². The summed E-state index contributed by atoms with van der Waals surface area (Å²) in [6.45, 7) is 3.05. The molecule has 4 nitrogen and oxygen atoms in total. The number of rotatable bonds is 6. The van der Waals surface area contributed by atoms with Crippen molar-refractivity contribution in [1.29, 1.82) is 0 Å². The summed E-state index contributed by atoms with van der Waals surface area (Å²) in [4.78, 5) is 7.72.